The molecule has 1 aromatic carbocycles. The number of carbonyl (C=O) groups excluding carboxylic acids is 3. The number of halogens is 1. The van der Waals surface area contributed by atoms with Gasteiger partial charge in [0.1, 0.15) is 36.2 Å². The molecule has 0 bridgehead atoms. The summed E-state index contributed by atoms with van der Waals surface area (Å²) in [6.45, 7) is 17.3. The van der Waals surface area contributed by atoms with Crippen molar-refractivity contribution in [3.05, 3.63) is 49.8 Å². The molecule has 4 fully saturated rings. The van der Waals surface area contributed by atoms with E-state index in [-0.39, 0.29) is 76.0 Å². The van der Waals surface area contributed by atoms with Crippen molar-refractivity contribution >= 4 is 79.1 Å². The van der Waals surface area contributed by atoms with E-state index in [0.717, 1.165) is 18.9 Å². The minimum Gasteiger partial charge on any atom is -0.492 e. The van der Waals surface area contributed by atoms with Crippen molar-refractivity contribution in [2.24, 2.45) is 16.8 Å². The highest BCUT2D eigenvalue weighted by Crippen LogP contribution is 2.49. The number of hydrogen-bond donors (Lipinski definition) is 8. The van der Waals surface area contributed by atoms with Gasteiger partial charge in [0.25, 0.3) is 0 Å². The molecule has 0 aromatic heterocycles. The summed E-state index contributed by atoms with van der Waals surface area (Å²) in [6, 6.07) is -0.178. The molecule has 0 saturated carbocycles. The number of nitrogens with zero attached hydrogens (tertiary/aromatic N) is 1. The maximum Gasteiger partial charge on any atom is 0.411 e. The molecular formula is C58H85IN4O21S3. The van der Waals surface area contributed by atoms with Crippen molar-refractivity contribution in [1.82, 2.24) is 10.6 Å². The molecular weight excluding hydrogens is 1310 g/mol. The number of alkyl carbamates (subject to hydrolysis) is 1. The van der Waals surface area contributed by atoms with E-state index in [9.17, 15) is 39.9 Å². The fraction of sp³-hybridized carbons (Fsp3) is 0.690. The number of oxime groups is 1. The molecule has 1 amide bonds. The lowest BCUT2D eigenvalue weighted by Crippen LogP contribution is -2.59. The van der Waals surface area contributed by atoms with Crippen molar-refractivity contribution in [1.29, 1.82) is 0 Å². The maximum atomic E-state index is 14.4. The van der Waals surface area contributed by atoms with E-state index in [2.05, 4.69) is 27.6 Å². The van der Waals surface area contributed by atoms with Gasteiger partial charge >= 0.3 is 6.09 Å². The Hall–Kier alpha value is -3.34. The number of methoxy groups -OCH3 is 5. The Labute approximate surface area is 534 Å². The second kappa shape index (κ2) is 32.8. The lowest BCUT2D eigenvalue weighted by Gasteiger charge is -2.45. The average molecular weight is 1400 g/mol. The van der Waals surface area contributed by atoms with Crippen LogP contribution in [0, 0.1) is 28.3 Å². The number of carbonyl (C=O) groups is 3. The molecule has 0 radical (unpaired) electrons. The minimum absolute atomic E-state index is 0.0285. The minimum atomic E-state index is -2.26. The molecule has 87 heavy (non-hydrogen) atoms. The summed E-state index contributed by atoms with van der Waals surface area (Å²) in [7, 11) is 9.84. The van der Waals surface area contributed by atoms with E-state index in [1.807, 2.05) is 50.3 Å². The standard InChI is InChI=1S/C58H85IN4O21S3/c1-15-17-18-19-36(41-32(20-21-85-87-57(7,8)9)58(60,71)24-35(65)43(41)63-56(70)76-14)81-55-50(82-38-23-37(72-10)33(26-77-38)61-16-2)45(67)31(28(4)79-55)25-62-84-39-22-34(64)52(30(6)78-39)86-53(69)40-27(3)42(59)48(51(75-13)47(40)73-11)83-54-46(68)49(74-12)44(66)29(5)80-54/h15,17,20,25,28-31,33-34,36-39,44-46,49-50,52,54-55,61,64,66-68,71H,16,21-24,26,60H2,1-14H3,(H,63,70)/b17-15-,32-20+,62-25+/t28-,29+,30-,31?,33+,34+,36+,37+,38+,39+,44+,45+,46-,49-,50-,52-,54+,55+,58+/m1/s1. The van der Waals surface area contributed by atoms with Crippen LogP contribution in [0.5, 0.6) is 17.2 Å². The third-order valence-electron chi connectivity index (χ3n) is 14.9. The number of nitrogens with two attached hydrogens (primary N) is 1. The molecule has 1 unspecified atom stereocenters. The van der Waals surface area contributed by atoms with E-state index in [1.54, 1.807) is 64.7 Å². The van der Waals surface area contributed by atoms with Crippen LogP contribution in [-0.2, 0) is 52.3 Å². The lowest BCUT2D eigenvalue weighted by atomic mass is 9.80. The van der Waals surface area contributed by atoms with E-state index in [4.69, 9.17) is 67.4 Å². The molecule has 25 nitrogen and oxygen atoms in total. The van der Waals surface area contributed by atoms with E-state index < -0.39 is 127 Å². The van der Waals surface area contributed by atoms with Gasteiger partial charge in [0.15, 0.2) is 29.9 Å². The van der Waals surface area contributed by atoms with Gasteiger partial charge in [-0.1, -0.05) is 90.2 Å². The van der Waals surface area contributed by atoms with Crippen LogP contribution in [0.3, 0.4) is 0 Å². The van der Waals surface area contributed by atoms with Crippen LogP contribution in [-0.4, -0.2) is 217 Å². The number of Topliss-reactive ketones (excluding diaryl/α,β-unsaturated/α-hetero) is 1. The quantitative estimate of drug-likeness (QED) is 0.0152. The van der Waals surface area contributed by atoms with Crippen LogP contribution in [0.25, 0.3) is 0 Å². The van der Waals surface area contributed by atoms with Crippen molar-refractivity contribution in [3.63, 3.8) is 0 Å². The molecule has 0 spiro atoms. The first kappa shape index (κ1) is 72.7. The Bertz CT molecular complexity index is 2710. The number of aliphatic hydroxyl groups is 5. The van der Waals surface area contributed by atoms with Gasteiger partial charge in [-0.15, -0.1) is 0 Å². The van der Waals surface area contributed by atoms with Crippen molar-refractivity contribution < 1.29 is 102 Å². The van der Waals surface area contributed by atoms with Crippen LogP contribution in [0.15, 0.2) is 40.2 Å². The van der Waals surface area contributed by atoms with E-state index in [1.165, 1.54) is 44.4 Å². The van der Waals surface area contributed by atoms with Gasteiger partial charge < -0.3 is 92.5 Å². The number of allylic oxidation sites excluding steroid dienone is 3. The summed E-state index contributed by atoms with van der Waals surface area (Å²) in [5.41, 5.74) is 4.56. The number of hydrogen-bond acceptors (Lipinski definition) is 27. The molecule has 29 heteroatoms. The topological polar surface area (TPSA) is 335 Å². The number of likely N-dealkylation sites (N-methyl/N-ethyl adjacent to an activating group) is 1. The lowest BCUT2D eigenvalue weighted by molar-refractivity contribution is -0.326. The second-order valence-corrected chi connectivity index (χ2v) is 27.6. The third kappa shape index (κ3) is 18.0. The molecule has 6 rings (SSSR count). The van der Waals surface area contributed by atoms with Crippen LogP contribution in [0.4, 0.5) is 4.79 Å². The zero-order valence-corrected chi connectivity index (χ0v) is 55.9. The molecule has 19 atom stereocenters. The molecule has 4 heterocycles. The fourth-order valence-electron chi connectivity index (χ4n) is 10.5. The number of nitrogens with one attached hydrogen (secondary N) is 2. The zero-order valence-electron chi connectivity index (χ0n) is 51.3. The summed E-state index contributed by atoms with van der Waals surface area (Å²) in [6.07, 6.45) is -12.2. The van der Waals surface area contributed by atoms with E-state index in [0.29, 0.717) is 21.4 Å². The summed E-state index contributed by atoms with van der Waals surface area (Å²) in [4.78, 5) is 47.2. The predicted octanol–water partition coefficient (Wildman–Crippen LogP) is 4.37. The average Bonchev–Trinajstić information content (AvgIpc) is 0.834. The first-order valence-corrected chi connectivity index (χ1v) is 32.6. The predicted molar refractivity (Wildman–Crippen MR) is 333 cm³/mol. The van der Waals surface area contributed by atoms with Crippen LogP contribution >= 0.6 is 55.9 Å². The Kier molecular flexibility index (Phi) is 27.4. The highest BCUT2D eigenvalue weighted by atomic mass is 127. The fourth-order valence-corrected chi connectivity index (χ4v) is 14.4. The van der Waals surface area contributed by atoms with Crippen molar-refractivity contribution in [2.75, 3.05) is 54.5 Å². The van der Waals surface area contributed by atoms with Crippen LogP contribution in [0.1, 0.15) is 90.6 Å². The van der Waals surface area contributed by atoms with Crippen molar-refractivity contribution in [2.45, 2.75) is 196 Å². The maximum absolute atomic E-state index is 14.4. The van der Waals surface area contributed by atoms with Crippen LogP contribution < -0.4 is 30.6 Å². The van der Waals surface area contributed by atoms with Gasteiger partial charge in [0.05, 0.1) is 109 Å². The van der Waals surface area contributed by atoms with Crippen molar-refractivity contribution in [3.8, 4) is 29.1 Å². The Balaban J connectivity index is 1.25. The first-order chi connectivity index (χ1) is 41.2. The molecule has 4 saturated heterocycles. The zero-order chi connectivity index (χ0) is 64.2. The first-order valence-electron chi connectivity index (χ1n) is 28.4. The molecule has 5 aliphatic rings. The summed E-state index contributed by atoms with van der Waals surface area (Å²) in [5.74, 6) is 4.66. The Morgan fingerprint density at radius 2 is 1.63 bits per heavy atom. The number of benzene rings is 1. The van der Waals surface area contributed by atoms with Gasteiger partial charge in [-0.25, -0.2) is 4.79 Å². The van der Waals surface area contributed by atoms with Gasteiger partial charge in [-0.05, 0) is 75.4 Å². The number of amides is 1. The Morgan fingerprint density at radius 3 is 2.25 bits per heavy atom. The summed E-state index contributed by atoms with van der Waals surface area (Å²) < 4.78 is 72.3. The Morgan fingerprint density at radius 1 is 0.931 bits per heavy atom. The second-order valence-electron chi connectivity index (χ2n) is 22.2. The number of aliphatic hydroxyl groups excluding tert-OH is 4. The van der Waals surface area contributed by atoms with E-state index >= 15 is 0 Å². The third-order valence-corrected chi connectivity index (χ3v) is 20.7. The number of thioether (sulfide) groups is 1. The molecule has 4 aliphatic heterocycles. The largest absolute Gasteiger partial charge is 0.492 e. The number of ether oxygens (including phenoxy) is 12. The SMILES string of the molecule is C/C=C\C#C[C@H](O[C@@H]1O[C@H](C)C(/C=N/O[C@H]2C[C@H](O)[C@H](SC(=O)c3c(C)c(I)c(O[C@@H]4O[C@@H](C)[C@H](O)[C@@H](OC)[C@H]4O)c(OC)c3OC)[C@@H](C)O2)[C@H](O)[C@H]1O[C@H]1C[C@H](OC)[C@@H](NCC)CO1)C1=C(NC(=O)OC)C(=O)C[C@](N)(O)/C1=C/CSSC(C)(C)C. The molecule has 1 aliphatic carbocycles. The monoisotopic (exact) mass is 1400 g/mol. The van der Waals surface area contributed by atoms with Gasteiger partial charge in [0, 0.05) is 48.7 Å². The van der Waals surface area contributed by atoms with Crippen LogP contribution in [0.2, 0.25) is 0 Å². The molecule has 9 N–H and O–H groups in total. The number of rotatable bonds is 22. The highest BCUT2D eigenvalue weighted by molar-refractivity contribution is 14.1. The summed E-state index contributed by atoms with van der Waals surface area (Å²) >= 11 is 2.82. The van der Waals surface area contributed by atoms with Gasteiger partial charge in [-0.2, -0.15) is 0 Å². The normalized spacial score (nSPS) is 34.1. The smallest absolute Gasteiger partial charge is 0.411 e. The number of ketones is 1. The van der Waals surface area contributed by atoms with Gasteiger partial charge in [-0.3, -0.25) is 20.6 Å². The molecule has 488 valence electrons. The summed E-state index contributed by atoms with van der Waals surface area (Å²) in [5, 5.41) is 66.4. The molecule has 1 aromatic rings. The van der Waals surface area contributed by atoms with Gasteiger partial charge in [0.2, 0.25) is 23.4 Å². The highest BCUT2D eigenvalue weighted by Gasteiger charge is 2.51.